The van der Waals surface area contributed by atoms with Crippen LogP contribution in [0.15, 0.2) is 133 Å². The van der Waals surface area contributed by atoms with Gasteiger partial charge in [-0.3, -0.25) is 0 Å². The van der Waals surface area contributed by atoms with Crippen molar-refractivity contribution < 1.29 is 0 Å². The van der Waals surface area contributed by atoms with E-state index in [0.29, 0.717) is 0 Å². The van der Waals surface area contributed by atoms with E-state index < -0.39 is 0 Å². The second-order valence-corrected chi connectivity index (χ2v) is 29.1. The standard InChI is InChI=1S/C74H76N2/c1-69(2,3)41-27-29-61-47(31-41)55-33-43(71(7,8)9)35-57-49-37-51-53(39-63(49)75(61)67(55)57)65(45-23-19-21-25-59(45)73(13,14)15)52-38-50-58-36-44(72(10,11)12)34-56-48-32-42(70(4,5)6)28-30-62(48)76(68(56)58)64(50)40-54(52)66(51)46-24-20-22-26-60(46)74(16,17)18/h19-40H,1-18H3. The van der Waals surface area contributed by atoms with Gasteiger partial charge in [-0.2, -0.15) is 0 Å². The number of benzene rings is 9. The molecule has 9 aromatic carbocycles. The minimum atomic E-state index is -0.121. The zero-order valence-corrected chi connectivity index (χ0v) is 48.6. The van der Waals surface area contributed by atoms with Crippen LogP contribution in [0.5, 0.6) is 0 Å². The molecule has 76 heavy (non-hydrogen) atoms. The first-order valence-corrected chi connectivity index (χ1v) is 28.1. The van der Waals surface area contributed by atoms with Gasteiger partial charge in [0.25, 0.3) is 0 Å². The van der Waals surface area contributed by atoms with Crippen molar-refractivity contribution in [2.75, 3.05) is 0 Å². The number of fused-ring (bicyclic) bond motifs is 14. The molecule has 4 heterocycles. The van der Waals surface area contributed by atoms with Gasteiger partial charge in [-0.1, -0.05) is 185 Å². The minimum Gasteiger partial charge on any atom is -0.308 e. The third kappa shape index (κ3) is 6.97. The molecule has 0 bridgehead atoms. The van der Waals surface area contributed by atoms with Gasteiger partial charge in [-0.05, 0) is 182 Å². The molecule has 0 N–H and O–H groups in total. The normalized spacial score (nSPS) is 13.9. The van der Waals surface area contributed by atoms with Crippen LogP contribution in [0.2, 0.25) is 0 Å². The quantitative estimate of drug-likeness (QED) is 0.153. The van der Waals surface area contributed by atoms with Crippen molar-refractivity contribution in [1.82, 2.24) is 8.80 Å². The molecule has 2 nitrogen and oxygen atoms in total. The molecule has 0 saturated heterocycles. The van der Waals surface area contributed by atoms with E-state index >= 15 is 0 Å². The average Bonchev–Trinajstić information content (AvgIpc) is 4.19. The molecule has 0 atom stereocenters. The fourth-order valence-electron chi connectivity index (χ4n) is 13.4. The lowest BCUT2D eigenvalue weighted by Gasteiger charge is -2.27. The number of nitrogens with zero attached hydrogens (tertiary/aromatic N) is 2. The van der Waals surface area contributed by atoms with E-state index in [1.165, 1.54) is 153 Å². The lowest BCUT2D eigenvalue weighted by molar-refractivity contribution is 0.590. The van der Waals surface area contributed by atoms with E-state index in [4.69, 9.17) is 0 Å². The molecule has 13 aromatic rings. The molecule has 13 rings (SSSR count). The molecular formula is C74H76N2. The summed E-state index contributed by atoms with van der Waals surface area (Å²) in [6.07, 6.45) is 0. The Kier molecular flexibility index (Phi) is 9.87. The Morgan fingerprint density at radius 1 is 0.237 bits per heavy atom. The fourth-order valence-corrected chi connectivity index (χ4v) is 13.4. The predicted octanol–water partition coefficient (Wildman–Crippen LogP) is 21.4. The van der Waals surface area contributed by atoms with Crippen LogP contribution in [0.4, 0.5) is 0 Å². The molecular weight excluding hydrogens is 917 g/mol. The third-order valence-electron chi connectivity index (χ3n) is 17.6. The molecule has 4 aromatic heterocycles. The van der Waals surface area contributed by atoms with Crippen molar-refractivity contribution in [2.45, 2.75) is 157 Å². The zero-order valence-electron chi connectivity index (χ0n) is 48.6. The number of aromatic nitrogens is 2. The Morgan fingerprint density at radius 3 is 0.842 bits per heavy atom. The summed E-state index contributed by atoms with van der Waals surface area (Å²) < 4.78 is 5.25. The summed E-state index contributed by atoms with van der Waals surface area (Å²) in [4.78, 5) is 0. The van der Waals surface area contributed by atoms with Crippen LogP contribution >= 0.6 is 0 Å². The molecule has 0 saturated carbocycles. The smallest absolute Gasteiger partial charge is 0.0620 e. The van der Waals surface area contributed by atoms with Crippen molar-refractivity contribution in [3.63, 3.8) is 0 Å². The van der Waals surface area contributed by atoms with Gasteiger partial charge < -0.3 is 8.80 Å². The van der Waals surface area contributed by atoms with Crippen molar-refractivity contribution in [1.29, 1.82) is 0 Å². The monoisotopic (exact) mass is 993 g/mol. The van der Waals surface area contributed by atoms with Gasteiger partial charge >= 0.3 is 0 Å². The highest BCUT2D eigenvalue weighted by atomic mass is 14.9. The van der Waals surface area contributed by atoms with E-state index in [-0.39, 0.29) is 32.5 Å². The second kappa shape index (κ2) is 15.4. The summed E-state index contributed by atoms with van der Waals surface area (Å²) in [7, 11) is 0. The molecule has 0 radical (unpaired) electrons. The lowest BCUT2D eigenvalue weighted by Crippen LogP contribution is -2.13. The predicted molar refractivity (Wildman–Crippen MR) is 334 cm³/mol. The van der Waals surface area contributed by atoms with Crippen LogP contribution in [0.1, 0.15) is 158 Å². The first-order chi connectivity index (χ1) is 35.5. The first kappa shape index (κ1) is 48.7. The molecule has 2 heteroatoms. The van der Waals surface area contributed by atoms with Gasteiger partial charge in [0.2, 0.25) is 0 Å². The van der Waals surface area contributed by atoms with Crippen molar-refractivity contribution in [3.05, 3.63) is 167 Å². The maximum atomic E-state index is 2.63. The van der Waals surface area contributed by atoms with Crippen molar-refractivity contribution in [2.24, 2.45) is 0 Å². The average molecular weight is 993 g/mol. The first-order valence-electron chi connectivity index (χ1n) is 28.1. The van der Waals surface area contributed by atoms with E-state index in [0.717, 1.165) is 0 Å². The van der Waals surface area contributed by atoms with Gasteiger partial charge in [0.05, 0.1) is 33.1 Å². The number of rotatable bonds is 2. The summed E-state index contributed by atoms with van der Waals surface area (Å²) in [5, 5.41) is 15.8. The SMILES string of the molecule is CC(C)(C)c1ccc2c(c1)c1cc(C(C)(C)C)cc3c4cc5c(-c6ccccc6C(C)(C)C)c6cc7c(cc6c(-c6ccccc6C(C)(C)C)c5cc4n2c13)c1cc(C(C)(C)C)cc2c3cc(C(C)(C)C)ccc3n7c21. The van der Waals surface area contributed by atoms with Crippen molar-refractivity contribution >= 4 is 97.7 Å². The van der Waals surface area contributed by atoms with Gasteiger partial charge in [0.15, 0.2) is 0 Å². The zero-order chi connectivity index (χ0) is 53.9. The molecule has 0 aliphatic rings. The number of hydrogen-bond acceptors (Lipinski definition) is 0. The van der Waals surface area contributed by atoms with E-state index in [9.17, 15) is 0 Å². The van der Waals surface area contributed by atoms with E-state index in [1.807, 2.05) is 0 Å². The van der Waals surface area contributed by atoms with Crippen LogP contribution in [-0.4, -0.2) is 8.80 Å². The molecule has 0 fully saturated rings. The van der Waals surface area contributed by atoms with Crippen LogP contribution in [-0.2, 0) is 32.5 Å². The maximum Gasteiger partial charge on any atom is 0.0620 e. The van der Waals surface area contributed by atoms with Crippen LogP contribution in [0.3, 0.4) is 0 Å². The van der Waals surface area contributed by atoms with E-state index in [2.05, 4.69) is 267 Å². The Hall–Kier alpha value is -6.90. The minimum absolute atomic E-state index is 0.0207. The molecule has 382 valence electrons. The van der Waals surface area contributed by atoms with Crippen molar-refractivity contribution in [3.8, 4) is 22.3 Å². The highest BCUT2D eigenvalue weighted by Gasteiger charge is 2.31. The van der Waals surface area contributed by atoms with Crippen LogP contribution in [0, 0.1) is 0 Å². The molecule has 0 aliphatic carbocycles. The Morgan fingerprint density at radius 2 is 0.526 bits per heavy atom. The molecule has 0 spiro atoms. The maximum absolute atomic E-state index is 2.63. The number of hydrogen-bond donors (Lipinski definition) is 0. The van der Waals surface area contributed by atoms with Gasteiger partial charge in [-0.25, -0.2) is 0 Å². The summed E-state index contributed by atoms with van der Waals surface area (Å²) in [6, 6.07) is 53.8. The second-order valence-electron chi connectivity index (χ2n) is 29.1. The molecule has 0 unspecified atom stereocenters. The third-order valence-corrected chi connectivity index (χ3v) is 17.6. The topological polar surface area (TPSA) is 8.82 Å². The summed E-state index contributed by atoms with van der Waals surface area (Å²) >= 11 is 0. The summed E-state index contributed by atoms with van der Waals surface area (Å²) in [5.41, 5.74) is 20.8. The summed E-state index contributed by atoms with van der Waals surface area (Å²) in [5.74, 6) is 0. The van der Waals surface area contributed by atoms with Gasteiger partial charge in [-0.15, -0.1) is 0 Å². The lowest BCUT2D eigenvalue weighted by atomic mass is 9.76. The Bertz CT molecular complexity index is 4300. The highest BCUT2D eigenvalue weighted by molar-refractivity contribution is 6.32. The van der Waals surface area contributed by atoms with E-state index in [1.54, 1.807) is 0 Å². The van der Waals surface area contributed by atoms with Crippen LogP contribution in [0.25, 0.3) is 120 Å². The fraction of sp³-hybridized carbons (Fsp3) is 0.324. The van der Waals surface area contributed by atoms with Gasteiger partial charge in [0, 0.05) is 43.1 Å². The van der Waals surface area contributed by atoms with Crippen LogP contribution < -0.4 is 0 Å². The molecule has 0 aliphatic heterocycles. The Balaban J connectivity index is 1.32. The highest BCUT2D eigenvalue weighted by Crippen LogP contribution is 2.53. The Labute approximate surface area is 450 Å². The van der Waals surface area contributed by atoms with Gasteiger partial charge in [0.1, 0.15) is 0 Å². The molecule has 0 amide bonds. The summed E-state index contributed by atoms with van der Waals surface area (Å²) in [6.45, 7) is 42.6. The largest absolute Gasteiger partial charge is 0.308 e.